The summed E-state index contributed by atoms with van der Waals surface area (Å²) in [4.78, 5) is 29.2. The summed E-state index contributed by atoms with van der Waals surface area (Å²) in [6.07, 6.45) is 4.62. The lowest BCUT2D eigenvalue weighted by atomic mass is 10.0. The van der Waals surface area contributed by atoms with Gasteiger partial charge in [-0.1, -0.05) is 79.6 Å². The Morgan fingerprint density at radius 1 is 0.919 bits per heavy atom. The van der Waals surface area contributed by atoms with E-state index in [1.807, 2.05) is 73.7 Å². The first-order valence-corrected chi connectivity index (χ1v) is 13.0. The molecule has 1 fully saturated rings. The Hall–Kier alpha value is -3.80. The summed E-state index contributed by atoms with van der Waals surface area (Å²) in [5, 5.41) is 3.23. The maximum Gasteiger partial charge on any atom is 0.261 e. The Morgan fingerprint density at radius 2 is 1.57 bits per heavy atom. The Bertz CT molecular complexity index is 1170. The molecule has 37 heavy (non-hydrogen) atoms. The first-order chi connectivity index (χ1) is 18.0. The van der Waals surface area contributed by atoms with Crippen LogP contribution in [0.5, 0.6) is 11.5 Å². The third-order valence-electron chi connectivity index (χ3n) is 6.99. The standard InChI is InChI=1S/C31H36N2O4/c1-23-12-6-7-15-25(23)21-33(30(34)22-37-29-19-11-10-18-28(29)36-2)27(20-24-13-4-3-5-14-24)31(35)32-26-16-8-9-17-26/h3-7,10-15,18-19,26-27H,8-9,16-17,20-22H2,1-2H3,(H,32,35). The van der Waals surface area contributed by atoms with Gasteiger partial charge in [-0.25, -0.2) is 0 Å². The van der Waals surface area contributed by atoms with Crippen LogP contribution in [0.3, 0.4) is 0 Å². The van der Waals surface area contributed by atoms with Crippen LogP contribution in [0.2, 0.25) is 0 Å². The number of aryl methyl sites for hydroxylation is 1. The molecular weight excluding hydrogens is 464 g/mol. The minimum atomic E-state index is -0.670. The van der Waals surface area contributed by atoms with Crippen molar-refractivity contribution >= 4 is 11.8 Å². The van der Waals surface area contributed by atoms with Gasteiger partial charge in [-0.05, 0) is 48.6 Å². The van der Waals surface area contributed by atoms with E-state index in [9.17, 15) is 9.59 Å². The fourth-order valence-electron chi connectivity index (χ4n) is 4.85. The maximum atomic E-state index is 13.8. The van der Waals surface area contributed by atoms with Crippen LogP contribution in [0.15, 0.2) is 78.9 Å². The quantitative estimate of drug-likeness (QED) is 0.399. The highest BCUT2D eigenvalue weighted by Gasteiger charge is 2.32. The number of ether oxygens (including phenoxy) is 2. The molecule has 2 amide bonds. The van der Waals surface area contributed by atoms with Crippen LogP contribution in [0.1, 0.15) is 42.4 Å². The zero-order valence-corrected chi connectivity index (χ0v) is 21.7. The molecule has 194 valence electrons. The highest BCUT2D eigenvalue weighted by molar-refractivity contribution is 5.88. The zero-order chi connectivity index (χ0) is 26.0. The van der Waals surface area contributed by atoms with Gasteiger partial charge in [0.1, 0.15) is 6.04 Å². The van der Waals surface area contributed by atoms with E-state index in [4.69, 9.17) is 9.47 Å². The SMILES string of the molecule is COc1ccccc1OCC(=O)N(Cc1ccccc1C)C(Cc1ccccc1)C(=O)NC1CCCC1. The third-order valence-corrected chi connectivity index (χ3v) is 6.99. The van der Waals surface area contributed by atoms with Gasteiger partial charge in [0.05, 0.1) is 7.11 Å². The van der Waals surface area contributed by atoms with Crippen LogP contribution in [-0.4, -0.2) is 42.5 Å². The molecule has 0 aliphatic heterocycles. The van der Waals surface area contributed by atoms with E-state index in [-0.39, 0.29) is 24.5 Å². The zero-order valence-electron chi connectivity index (χ0n) is 21.7. The van der Waals surface area contributed by atoms with Crippen molar-refractivity contribution in [3.8, 4) is 11.5 Å². The van der Waals surface area contributed by atoms with Gasteiger partial charge in [0.2, 0.25) is 5.91 Å². The predicted octanol–water partition coefficient (Wildman–Crippen LogP) is 5.08. The lowest BCUT2D eigenvalue weighted by Crippen LogP contribution is -2.53. The first-order valence-electron chi connectivity index (χ1n) is 13.0. The number of hydrogen-bond donors (Lipinski definition) is 1. The summed E-state index contributed by atoms with van der Waals surface area (Å²) in [5.41, 5.74) is 3.07. The van der Waals surface area contributed by atoms with E-state index < -0.39 is 6.04 Å². The molecule has 4 rings (SSSR count). The number of para-hydroxylation sites is 2. The molecule has 1 N–H and O–H groups in total. The number of rotatable bonds is 11. The van der Waals surface area contributed by atoms with Crippen molar-refractivity contribution in [1.82, 2.24) is 10.2 Å². The van der Waals surface area contributed by atoms with Crippen molar-refractivity contribution in [1.29, 1.82) is 0 Å². The minimum absolute atomic E-state index is 0.116. The summed E-state index contributed by atoms with van der Waals surface area (Å²) in [5.74, 6) is 0.677. The highest BCUT2D eigenvalue weighted by atomic mass is 16.5. The second-order valence-corrected chi connectivity index (χ2v) is 9.58. The van der Waals surface area contributed by atoms with Crippen LogP contribution in [0.4, 0.5) is 0 Å². The van der Waals surface area contributed by atoms with Gasteiger partial charge in [0.25, 0.3) is 5.91 Å². The molecule has 1 atom stereocenters. The molecule has 0 heterocycles. The Kier molecular flexibility index (Phi) is 9.19. The molecule has 3 aromatic carbocycles. The van der Waals surface area contributed by atoms with Crippen molar-refractivity contribution in [2.75, 3.05) is 13.7 Å². The number of carbonyl (C=O) groups is 2. The highest BCUT2D eigenvalue weighted by Crippen LogP contribution is 2.26. The summed E-state index contributed by atoms with van der Waals surface area (Å²) in [7, 11) is 1.57. The second kappa shape index (κ2) is 12.9. The van der Waals surface area contributed by atoms with Gasteiger partial charge >= 0.3 is 0 Å². The van der Waals surface area contributed by atoms with E-state index in [1.54, 1.807) is 24.1 Å². The van der Waals surface area contributed by atoms with Gasteiger partial charge in [-0.2, -0.15) is 0 Å². The van der Waals surface area contributed by atoms with Gasteiger partial charge < -0.3 is 19.7 Å². The molecule has 1 saturated carbocycles. The lowest BCUT2D eigenvalue weighted by Gasteiger charge is -2.32. The smallest absolute Gasteiger partial charge is 0.261 e. The average Bonchev–Trinajstić information content (AvgIpc) is 3.44. The van der Waals surface area contributed by atoms with Crippen LogP contribution < -0.4 is 14.8 Å². The fraction of sp³-hybridized carbons (Fsp3) is 0.355. The summed E-state index contributed by atoms with van der Waals surface area (Å²) < 4.78 is 11.3. The second-order valence-electron chi connectivity index (χ2n) is 9.58. The number of amides is 2. The largest absolute Gasteiger partial charge is 0.493 e. The number of carbonyl (C=O) groups excluding carboxylic acids is 2. The van der Waals surface area contributed by atoms with Crippen LogP contribution in [0, 0.1) is 6.92 Å². The maximum absolute atomic E-state index is 13.8. The lowest BCUT2D eigenvalue weighted by molar-refractivity contribution is -0.143. The van der Waals surface area contributed by atoms with Crippen molar-refractivity contribution in [3.63, 3.8) is 0 Å². The van der Waals surface area contributed by atoms with Gasteiger partial charge in [-0.15, -0.1) is 0 Å². The molecule has 1 unspecified atom stereocenters. The van der Waals surface area contributed by atoms with Crippen LogP contribution in [-0.2, 0) is 22.6 Å². The molecule has 0 aromatic heterocycles. The number of nitrogens with zero attached hydrogens (tertiary/aromatic N) is 1. The molecule has 1 aliphatic rings. The number of nitrogens with one attached hydrogen (secondary N) is 1. The van der Waals surface area contributed by atoms with Gasteiger partial charge in [0, 0.05) is 19.0 Å². The fourth-order valence-corrected chi connectivity index (χ4v) is 4.85. The molecule has 0 radical (unpaired) electrons. The number of hydrogen-bond acceptors (Lipinski definition) is 4. The summed E-state index contributed by atoms with van der Waals surface area (Å²) in [6.45, 7) is 2.14. The number of methoxy groups -OCH3 is 1. The minimum Gasteiger partial charge on any atom is -0.493 e. The molecule has 0 spiro atoms. The van der Waals surface area contributed by atoms with Crippen molar-refractivity contribution in [3.05, 3.63) is 95.6 Å². The molecular formula is C31H36N2O4. The van der Waals surface area contributed by atoms with Gasteiger partial charge in [-0.3, -0.25) is 9.59 Å². The Morgan fingerprint density at radius 3 is 2.27 bits per heavy atom. The van der Waals surface area contributed by atoms with Crippen molar-refractivity contribution in [2.45, 2.75) is 57.7 Å². The van der Waals surface area contributed by atoms with E-state index in [0.717, 1.165) is 42.4 Å². The Labute approximate surface area is 219 Å². The van der Waals surface area contributed by atoms with Crippen molar-refractivity contribution in [2.24, 2.45) is 0 Å². The number of benzene rings is 3. The molecule has 1 aliphatic carbocycles. The molecule has 0 saturated heterocycles. The predicted molar refractivity (Wildman–Crippen MR) is 145 cm³/mol. The monoisotopic (exact) mass is 500 g/mol. The van der Waals surface area contributed by atoms with Crippen molar-refractivity contribution < 1.29 is 19.1 Å². The molecule has 6 nitrogen and oxygen atoms in total. The van der Waals surface area contributed by atoms with E-state index >= 15 is 0 Å². The third kappa shape index (κ3) is 7.13. The Balaban J connectivity index is 1.63. The molecule has 3 aromatic rings. The normalized spacial score (nSPS) is 14.1. The average molecular weight is 501 g/mol. The van der Waals surface area contributed by atoms with Crippen LogP contribution in [0.25, 0.3) is 0 Å². The van der Waals surface area contributed by atoms with Crippen LogP contribution >= 0.6 is 0 Å². The molecule has 0 bridgehead atoms. The van der Waals surface area contributed by atoms with E-state index in [1.165, 1.54) is 0 Å². The first kappa shape index (κ1) is 26.3. The summed E-state index contributed by atoms with van der Waals surface area (Å²) in [6, 6.07) is 24.6. The van der Waals surface area contributed by atoms with E-state index in [0.29, 0.717) is 24.5 Å². The summed E-state index contributed by atoms with van der Waals surface area (Å²) >= 11 is 0. The van der Waals surface area contributed by atoms with Gasteiger partial charge in [0.15, 0.2) is 18.1 Å². The van der Waals surface area contributed by atoms with E-state index in [2.05, 4.69) is 5.32 Å². The topological polar surface area (TPSA) is 67.9 Å². The molecule has 6 heteroatoms.